The van der Waals surface area contributed by atoms with Crippen molar-refractivity contribution in [2.45, 2.75) is 19.1 Å². The number of carbonyl (C=O) groups is 1. The predicted octanol–water partition coefficient (Wildman–Crippen LogP) is 2.92. The summed E-state index contributed by atoms with van der Waals surface area (Å²) in [6, 6.07) is 20.4. The molecule has 10 heteroatoms. The van der Waals surface area contributed by atoms with Crippen LogP contribution in [0.5, 0.6) is 6.01 Å². The minimum absolute atomic E-state index is 0.233. The number of benzene rings is 2. The third-order valence-electron chi connectivity index (χ3n) is 6.28. The van der Waals surface area contributed by atoms with Gasteiger partial charge in [-0.15, -0.1) is 11.3 Å². The molecule has 1 atom stereocenters. The molecule has 1 amide bonds. The lowest BCUT2D eigenvalue weighted by molar-refractivity contribution is -0.119. The minimum Gasteiger partial charge on any atom is -0.459 e. The Morgan fingerprint density at radius 2 is 1.76 bits per heavy atom. The number of amides is 1. The summed E-state index contributed by atoms with van der Waals surface area (Å²) in [6.45, 7) is 5.03. The molecule has 188 valence electrons. The Morgan fingerprint density at radius 1 is 1.03 bits per heavy atom. The van der Waals surface area contributed by atoms with Gasteiger partial charge in [0.2, 0.25) is 5.91 Å². The van der Waals surface area contributed by atoms with E-state index < -0.39 is 5.92 Å². The number of piperazine rings is 1. The fraction of sp³-hybridized carbons (Fsp3) is 0.296. The highest BCUT2D eigenvalue weighted by atomic mass is 32.1. The highest BCUT2D eigenvalue weighted by Crippen LogP contribution is 2.31. The van der Waals surface area contributed by atoms with Gasteiger partial charge < -0.3 is 10.5 Å². The Bertz CT molecular complexity index is 1380. The van der Waals surface area contributed by atoms with Crippen LogP contribution in [-0.2, 0) is 17.9 Å². The first-order chi connectivity index (χ1) is 18.1. The summed E-state index contributed by atoms with van der Waals surface area (Å²) >= 11 is 1.50. The lowest BCUT2D eigenvalue weighted by atomic mass is 10.1. The summed E-state index contributed by atoms with van der Waals surface area (Å²) in [5.74, 6) is -0.860. The van der Waals surface area contributed by atoms with E-state index in [9.17, 15) is 10.1 Å². The predicted molar refractivity (Wildman–Crippen MR) is 141 cm³/mol. The molecule has 0 bridgehead atoms. The number of hydrogen-bond donors (Lipinski definition) is 1. The summed E-state index contributed by atoms with van der Waals surface area (Å²) in [4.78, 5) is 28.9. The Morgan fingerprint density at radius 3 is 2.49 bits per heavy atom. The first-order valence-corrected chi connectivity index (χ1v) is 12.9. The van der Waals surface area contributed by atoms with Crippen molar-refractivity contribution in [3.63, 3.8) is 0 Å². The van der Waals surface area contributed by atoms with Crippen molar-refractivity contribution in [2.24, 2.45) is 5.73 Å². The van der Waals surface area contributed by atoms with Crippen LogP contribution in [0.3, 0.4) is 0 Å². The van der Waals surface area contributed by atoms with Crippen LogP contribution >= 0.6 is 11.3 Å². The van der Waals surface area contributed by atoms with Crippen molar-refractivity contribution in [2.75, 3.05) is 32.7 Å². The second-order valence-electron chi connectivity index (χ2n) is 8.97. The van der Waals surface area contributed by atoms with Crippen LogP contribution in [0.1, 0.15) is 27.7 Å². The third kappa shape index (κ3) is 6.27. The van der Waals surface area contributed by atoms with Crippen molar-refractivity contribution in [3.05, 3.63) is 82.6 Å². The maximum Gasteiger partial charge on any atom is 0.316 e. The molecule has 2 N–H and O–H groups in total. The Balaban J connectivity index is 1.17. The Kier molecular flexibility index (Phi) is 7.65. The zero-order valence-corrected chi connectivity index (χ0v) is 21.1. The number of ether oxygens (including phenoxy) is 1. The van der Waals surface area contributed by atoms with Crippen LogP contribution in [0.2, 0.25) is 0 Å². The van der Waals surface area contributed by atoms with E-state index in [1.165, 1.54) is 16.9 Å². The highest BCUT2D eigenvalue weighted by molar-refractivity contribution is 7.18. The molecule has 1 aliphatic heterocycles. The number of hydrogen-bond acceptors (Lipinski definition) is 9. The molecule has 0 spiro atoms. The van der Waals surface area contributed by atoms with Gasteiger partial charge in [-0.3, -0.25) is 14.6 Å². The van der Waals surface area contributed by atoms with E-state index in [1.807, 2.05) is 36.4 Å². The molecule has 0 radical (unpaired) electrons. The largest absolute Gasteiger partial charge is 0.459 e. The molecule has 1 aliphatic rings. The van der Waals surface area contributed by atoms with E-state index >= 15 is 0 Å². The van der Waals surface area contributed by atoms with Gasteiger partial charge in [-0.05, 0) is 29.3 Å². The van der Waals surface area contributed by atoms with Gasteiger partial charge >= 0.3 is 6.01 Å². The minimum atomic E-state index is -0.584. The van der Waals surface area contributed by atoms with Gasteiger partial charge in [0.25, 0.3) is 0 Å². The molecule has 0 saturated carbocycles. The van der Waals surface area contributed by atoms with Crippen molar-refractivity contribution in [3.8, 4) is 12.1 Å². The molecule has 1 unspecified atom stereocenters. The van der Waals surface area contributed by atoms with Crippen LogP contribution in [0, 0.1) is 11.3 Å². The second-order valence-corrected chi connectivity index (χ2v) is 10.0. The van der Waals surface area contributed by atoms with Crippen molar-refractivity contribution in [1.82, 2.24) is 24.8 Å². The number of nitrogens with two attached hydrogens (primary N) is 1. The van der Waals surface area contributed by atoms with Crippen LogP contribution in [-0.4, -0.2) is 63.4 Å². The first-order valence-electron chi connectivity index (χ1n) is 12.1. The lowest BCUT2D eigenvalue weighted by Gasteiger charge is -2.34. The van der Waals surface area contributed by atoms with E-state index in [-0.39, 0.29) is 11.9 Å². The summed E-state index contributed by atoms with van der Waals surface area (Å²) in [5.41, 5.74) is 8.97. The monoisotopic (exact) mass is 513 g/mol. The lowest BCUT2D eigenvalue weighted by Crippen LogP contribution is -2.48. The quantitative estimate of drug-likeness (QED) is 0.363. The molecule has 9 nitrogen and oxygen atoms in total. The van der Waals surface area contributed by atoms with Crippen molar-refractivity contribution in [1.29, 1.82) is 5.26 Å². The molecule has 2 aromatic heterocycles. The molecular weight excluding hydrogens is 486 g/mol. The average molecular weight is 514 g/mol. The van der Waals surface area contributed by atoms with E-state index in [0.717, 1.165) is 48.5 Å². The van der Waals surface area contributed by atoms with Crippen LogP contribution in [0.15, 0.2) is 60.8 Å². The molecule has 5 rings (SSSR count). The maximum atomic E-state index is 11.1. The van der Waals surface area contributed by atoms with Gasteiger partial charge in [0.1, 0.15) is 17.5 Å². The SMILES string of the molecule is N#CC(c1ccnc(OCc2ccc(CN3CCN(CC(N)=O)CC3)cc2)n1)c1nc2ccccc2s1. The van der Waals surface area contributed by atoms with Crippen LogP contribution in [0.25, 0.3) is 10.2 Å². The Hall–Kier alpha value is -3.91. The van der Waals surface area contributed by atoms with E-state index in [0.29, 0.717) is 23.9 Å². The van der Waals surface area contributed by atoms with Crippen molar-refractivity contribution >= 4 is 27.5 Å². The summed E-state index contributed by atoms with van der Waals surface area (Å²) in [5, 5.41) is 10.5. The molecule has 1 fully saturated rings. The highest BCUT2D eigenvalue weighted by Gasteiger charge is 2.21. The molecule has 0 aliphatic carbocycles. The number of rotatable bonds is 9. The normalized spacial score (nSPS) is 15.3. The summed E-state index contributed by atoms with van der Waals surface area (Å²) in [6.07, 6.45) is 1.61. The molecule has 2 aromatic carbocycles. The number of carbonyl (C=O) groups excluding carboxylic acids is 1. The number of para-hydroxylation sites is 1. The standard InChI is InChI=1S/C27H27N7O2S/c28-15-21(26-31-23-3-1-2-4-24(23)37-26)22-9-10-30-27(32-22)36-18-20-7-5-19(6-8-20)16-33-11-13-34(14-12-33)17-25(29)35/h1-10,21H,11-14,16-18H2,(H2,29,35). The fourth-order valence-electron chi connectivity index (χ4n) is 4.32. The molecule has 4 aromatic rings. The van der Waals surface area contributed by atoms with Crippen molar-refractivity contribution < 1.29 is 9.53 Å². The first kappa shape index (κ1) is 24.8. The van der Waals surface area contributed by atoms with E-state index in [1.54, 1.807) is 12.3 Å². The van der Waals surface area contributed by atoms with Gasteiger partial charge in [-0.2, -0.15) is 10.2 Å². The van der Waals surface area contributed by atoms with Gasteiger partial charge in [-0.25, -0.2) is 9.97 Å². The molecule has 37 heavy (non-hydrogen) atoms. The number of thiazole rings is 1. The van der Waals surface area contributed by atoms with Gasteiger partial charge in [0.15, 0.2) is 0 Å². The topological polar surface area (TPSA) is 121 Å². The van der Waals surface area contributed by atoms with Gasteiger partial charge in [-0.1, -0.05) is 36.4 Å². The second kappa shape index (κ2) is 11.4. The average Bonchev–Trinajstić information content (AvgIpc) is 3.34. The summed E-state index contributed by atoms with van der Waals surface area (Å²) < 4.78 is 6.89. The van der Waals surface area contributed by atoms with E-state index in [4.69, 9.17) is 10.5 Å². The summed E-state index contributed by atoms with van der Waals surface area (Å²) in [7, 11) is 0. The molecule has 1 saturated heterocycles. The zero-order valence-electron chi connectivity index (χ0n) is 20.3. The molecular formula is C27H27N7O2S. The number of fused-ring (bicyclic) bond motifs is 1. The number of aromatic nitrogens is 3. The Labute approximate surface area is 219 Å². The number of nitrogens with zero attached hydrogens (tertiary/aromatic N) is 6. The van der Waals surface area contributed by atoms with Crippen LogP contribution < -0.4 is 10.5 Å². The zero-order chi connectivity index (χ0) is 25.6. The number of primary amides is 1. The van der Waals surface area contributed by atoms with Gasteiger partial charge in [0.05, 0.1) is 28.5 Å². The van der Waals surface area contributed by atoms with E-state index in [2.05, 4.69) is 43.0 Å². The fourth-order valence-corrected chi connectivity index (χ4v) is 5.34. The maximum absolute atomic E-state index is 11.1. The number of nitriles is 1. The smallest absolute Gasteiger partial charge is 0.316 e. The van der Waals surface area contributed by atoms with Crippen LogP contribution in [0.4, 0.5) is 0 Å². The third-order valence-corrected chi connectivity index (χ3v) is 7.38. The van der Waals surface area contributed by atoms with Gasteiger partial charge in [0, 0.05) is 38.9 Å². The molecule has 3 heterocycles.